The molecule has 0 amide bonds. The number of hydrogen-bond donors (Lipinski definition) is 0. The van der Waals surface area contributed by atoms with Gasteiger partial charge in [0.25, 0.3) is 0 Å². The van der Waals surface area contributed by atoms with Crippen LogP contribution >= 0.6 is 0 Å². The van der Waals surface area contributed by atoms with Gasteiger partial charge in [0.15, 0.2) is 0 Å². The molecule has 0 aliphatic rings. The maximum absolute atomic E-state index is 5.19. The fraction of sp³-hybridized carbons (Fsp3) is 0.222. The SMILES string of the molecule is Cc1ccn(Cc2ccco2)n1. The minimum absolute atomic E-state index is 0.709. The van der Waals surface area contributed by atoms with Gasteiger partial charge in [0, 0.05) is 6.20 Å². The van der Waals surface area contributed by atoms with Crippen molar-refractivity contribution in [3.05, 3.63) is 42.1 Å². The molecule has 0 fully saturated rings. The predicted molar refractivity (Wildman–Crippen MR) is 44.8 cm³/mol. The number of furan rings is 1. The highest BCUT2D eigenvalue weighted by Gasteiger charge is 1.97. The van der Waals surface area contributed by atoms with Crippen LogP contribution in [-0.4, -0.2) is 9.78 Å². The summed E-state index contributed by atoms with van der Waals surface area (Å²) in [7, 11) is 0. The summed E-state index contributed by atoms with van der Waals surface area (Å²) in [5, 5.41) is 4.24. The van der Waals surface area contributed by atoms with E-state index in [4.69, 9.17) is 4.42 Å². The van der Waals surface area contributed by atoms with Crippen molar-refractivity contribution < 1.29 is 4.42 Å². The minimum atomic E-state index is 0.709. The summed E-state index contributed by atoms with van der Waals surface area (Å²) < 4.78 is 7.04. The molecule has 2 aromatic heterocycles. The average Bonchev–Trinajstić information content (AvgIpc) is 2.63. The monoisotopic (exact) mass is 162 g/mol. The lowest BCUT2D eigenvalue weighted by atomic mass is 10.4. The van der Waals surface area contributed by atoms with E-state index in [0.717, 1.165) is 11.5 Å². The van der Waals surface area contributed by atoms with Crippen LogP contribution in [0, 0.1) is 6.92 Å². The van der Waals surface area contributed by atoms with Gasteiger partial charge < -0.3 is 4.42 Å². The van der Waals surface area contributed by atoms with Crippen LogP contribution in [-0.2, 0) is 6.54 Å². The summed E-state index contributed by atoms with van der Waals surface area (Å²) in [6, 6.07) is 5.80. The molecule has 0 unspecified atom stereocenters. The second-order valence-electron chi connectivity index (χ2n) is 2.73. The first-order valence-corrected chi connectivity index (χ1v) is 3.87. The fourth-order valence-corrected chi connectivity index (χ4v) is 1.11. The minimum Gasteiger partial charge on any atom is -0.467 e. The van der Waals surface area contributed by atoms with E-state index < -0.39 is 0 Å². The Kier molecular flexibility index (Phi) is 1.70. The van der Waals surface area contributed by atoms with E-state index in [-0.39, 0.29) is 0 Å². The molecule has 0 atom stereocenters. The smallest absolute Gasteiger partial charge is 0.125 e. The molecule has 0 N–H and O–H groups in total. The van der Waals surface area contributed by atoms with E-state index >= 15 is 0 Å². The zero-order valence-corrected chi connectivity index (χ0v) is 6.90. The molecule has 0 bridgehead atoms. The Bertz CT molecular complexity index is 348. The molecular formula is C9H10N2O. The van der Waals surface area contributed by atoms with E-state index in [2.05, 4.69) is 5.10 Å². The third-order valence-corrected chi connectivity index (χ3v) is 1.67. The van der Waals surface area contributed by atoms with E-state index in [9.17, 15) is 0 Å². The largest absolute Gasteiger partial charge is 0.467 e. The van der Waals surface area contributed by atoms with Gasteiger partial charge in [-0.15, -0.1) is 0 Å². The topological polar surface area (TPSA) is 31.0 Å². The third-order valence-electron chi connectivity index (χ3n) is 1.67. The number of nitrogens with zero attached hydrogens (tertiary/aromatic N) is 2. The van der Waals surface area contributed by atoms with Crippen LogP contribution in [0.1, 0.15) is 11.5 Å². The maximum Gasteiger partial charge on any atom is 0.125 e. The molecule has 0 aliphatic heterocycles. The number of aryl methyl sites for hydroxylation is 1. The lowest BCUT2D eigenvalue weighted by molar-refractivity contribution is 0.479. The zero-order chi connectivity index (χ0) is 8.39. The van der Waals surface area contributed by atoms with Crippen molar-refractivity contribution in [2.24, 2.45) is 0 Å². The molecule has 0 saturated carbocycles. The number of hydrogen-bond acceptors (Lipinski definition) is 2. The Morgan fingerprint density at radius 3 is 3.00 bits per heavy atom. The fourth-order valence-electron chi connectivity index (χ4n) is 1.11. The quantitative estimate of drug-likeness (QED) is 0.674. The van der Waals surface area contributed by atoms with Gasteiger partial charge in [-0.2, -0.15) is 5.10 Å². The van der Waals surface area contributed by atoms with Crippen molar-refractivity contribution in [2.45, 2.75) is 13.5 Å². The Hall–Kier alpha value is -1.51. The first kappa shape index (κ1) is 7.16. The van der Waals surface area contributed by atoms with Gasteiger partial charge in [0.2, 0.25) is 0 Å². The van der Waals surface area contributed by atoms with Gasteiger partial charge in [-0.05, 0) is 25.1 Å². The molecule has 2 heterocycles. The number of rotatable bonds is 2. The van der Waals surface area contributed by atoms with Gasteiger partial charge in [0.05, 0.1) is 18.5 Å². The molecule has 0 aromatic carbocycles. The second-order valence-corrected chi connectivity index (χ2v) is 2.73. The predicted octanol–water partition coefficient (Wildman–Crippen LogP) is 1.83. The second kappa shape index (κ2) is 2.85. The molecule has 2 rings (SSSR count). The van der Waals surface area contributed by atoms with Gasteiger partial charge >= 0.3 is 0 Å². The molecule has 3 heteroatoms. The highest BCUT2D eigenvalue weighted by atomic mass is 16.3. The van der Waals surface area contributed by atoms with Gasteiger partial charge in [-0.1, -0.05) is 0 Å². The Labute approximate surface area is 70.6 Å². The standard InChI is InChI=1S/C9H10N2O/c1-8-4-5-11(10-8)7-9-3-2-6-12-9/h2-6H,7H2,1H3. The normalized spacial score (nSPS) is 10.4. The molecule has 0 radical (unpaired) electrons. The molecule has 0 aliphatic carbocycles. The molecular weight excluding hydrogens is 152 g/mol. The molecule has 0 spiro atoms. The summed E-state index contributed by atoms with van der Waals surface area (Å²) in [4.78, 5) is 0. The molecule has 0 saturated heterocycles. The highest BCUT2D eigenvalue weighted by Crippen LogP contribution is 2.02. The van der Waals surface area contributed by atoms with E-state index in [0.29, 0.717) is 6.54 Å². The third kappa shape index (κ3) is 1.39. The molecule has 62 valence electrons. The summed E-state index contributed by atoms with van der Waals surface area (Å²) >= 11 is 0. The van der Waals surface area contributed by atoms with E-state index in [1.54, 1.807) is 6.26 Å². The summed E-state index contributed by atoms with van der Waals surface area (Å²) in [5.41, 5.74) is 1.03. The lowest BCUT2D eigenvalue weighted by Crippen LogP contribution is -1.98. The van der Waals surface area contributed by atoms with Crippen LogP contribution in [0.2, 0.25) is 0 Å². The van der Waals surface area contributed by atoms with Crippen LogP contribution in [0.15, 0.2) is 35.1 Å². The lowest BCUT2D eigenvalue weighted by Gasteiger charge is -1.95. The number of aromatic nitrogens is 2. The Morgan fingerprint density at radius 2 is 2.42 bits per heavy atom. The highest BCUT2D eigenvalue weighted by molar-refractivity contribution is 5.01. The van der Waals surface area contributed by atoms with Gasteiger partial charge in [-0.3, -0.25) is 4.68 Å². The average molecular weight is 162 g/mol. The maximum atomic E-state index is 5.19. The van der Waals surface area contributed by atoms with Crippen molar-refractivity contribution in [2.75, 3.05) is 0 Å². The van der Waals surface area contributed by atoms with Crippen molar-refractivity contribution >= 4 is 0 Å². The van der Waals surface area contributed by atoms with E-state index in [1.807, 2.05) is 36.0 Å². The van der Waals surface area contributed by atoms with Crippen molar-refractivity contribution in [3.63, 3.8) is 0 Å². The molecule has 3 nitrogen and oxygen atoms in total. The molecule has 12 heavy (non-hydrogen) atoms. The molecule has 2 aromatic rings. The first-order chi connectivity index (χ1) is 5.84. The van der Waals surface area contributed by atoms with Crippen LogP contribution in [0.4, 0.5) is 0 Å². The first-order valence-electron chi connectivity index (χ1n) is 3.87. The van der Waals surface area contributed by atoms with Crippen LogP contribution in [0.5, 0.6) is 0 Å². The van der Waals surface area contributed by atoms with Crippen LogP contribution in [0.25, 0.3) is 0 Å². The van der Waals surface area contributed by atoms with Crippen LogP contribution < -0.4 is 0 Å². The van der Waals surface area contributed by atoms with Crippen molar-refractivity contribution in [1.29, 1.82) is 0 Å². The summed E-state index contributed by atoms with van der Waals surface area (Å²) in [5.74, 6) is 0.929. The van der Waals surface area contributed by atoms with Crippen molar-refractivity contribution in [3.8, 4) is 0 Å². The Balaban J connectivity index is 2.14. The zero-order valence-electron chi connectivity index (χ0n) is 6.90. The summed E-state index contributed by atoms with van der Waals surface area (Å²) in [6.07, 6.45) is 3.61. The van der Waals surface area contributed by atoms with Gasteiger partial charge in [0.1, 0.15) is 5.76 Å². The Morgan fingerprint density at radius 1 is 1.50 bits per heavy atom. The summed E-state index contributed by atoms with van der Waals surface area (Å²) in [6.45, 7) is 2.68. The van der Waals surface area contributed by atoms with E-state index in [1.165, 1.54) is 0 Å². The van der Waals surface area contributed by atoms with Gasteiger partial charge in [-0.25, -0.2) is 0 Å². The van der Waals surface area contributed by atoms with Crippen LogP contribution in [0.3, 0.4) is 0 Å². The van der Waals surface area contributed by atoms with Crippen molar-refractivity contribution in [1.82, 2.24) is 9.78 Å².